The lowest BCUT2D eigenvalue weighted by Crippen LogP contribution is -2.06. The Kier molecular flexibility index (Phi) is 5.24. The van der Waals surface area contributed by atoms with Crippen molar-refractivity contribution in [3.05, 3.63) is 64.8 Å². The highest BCUT2D eigenvalue weighted by atomic mass is 16.4. The van der Waals surface area contributed by atoms with Gasteiger partial charge in [0.15, 0.2) is 0 Å². The number of aromatic hydroxyl groups is 2. The summed E-state index contributed by atoms with van der Waals surface area (Å²) in [6.07, 6.45) is 1.86. The Morgan fingerprint density at radius 2 is 1.55 bits per heavy atom. The molecule has 0 saturated carbocycles. The number of aromatic nitrogens is 2. The van der Waals surface area contributed by atoms with Crippen molar-refractivity contribution >= 4 is 39.5 Å². The van der Waals surface area contributed by atoms with E-state index in [0.29, 0.717) is 22.0 Å². The zero-order valence-electron chi connectivity index (χ0n) is 14.6. The summed E-state index contributed by atoms with van der Waals surface area (Å²) in [7, 11) is 0. The molecule has 0 fully saturated rings. The van der Waals surface area contributed by atoms with E-state index in [4.69, 9.17) is 10.6 Å². The molecule has 4 rings (SSSR count). The molecular formula is C18H14N6O5. The van der Waals surface area contributed by atoms with Crippen LogP contribution in [0.4, 0.5) is 10.5 Å². The fraction of sp³-hybridized carbons (Fsp3) is 0. The van der Waals surface area contributed by atoms with Crippen LogP contribution < -0.4 is 5.32 Å². The Balaban J connectivity index is 0.000000166. The highest BCUT2D eigenvalue weighted by molar-refractivity contribution is 6.07. The maximum atomic E-state index is 11.3. The van der Waals surface area contributed by atoms with E-state index >= 15 is 0 Å². The van der Waals surface area contributed by atoms with Crippen molar-refractivity contribution in [3.8, 4) is 11.5 Å². The van der Waals surface area contributed by atoms with Gasteiger partial charge in [0.25, 0.3) is 5.91 Å². The van der Waals surface area contributed by atoms with E-state index in [2.05, 4.69) is 25.3 Å². The molecule has 2 aromatic heterocycles. The Bertz CT molecular complexity index is 1270. The minimum atomic E-state index is -1.13. The second kappa shape index (κ2) is 7.94. The van der Waals surface area contributed by atoms with Crippen LogP contribution in [-0.2, 0) is 0 Å². The predicted molar refractivity (Wildman–Crippen MR) is 105 cm³/mol. The number of carbonyl (C=O) groups is 2. The average Bonchev–Trinajstić information content (AvgIpc) is 3.26. The zero-order chi connectivity index (χ0) is 21.0. The van der Waals surface area contributed by atoms with Crippen molar-refractivity contribution in [1.82, 2.24) is 9.97 Å². The van der Waals surface area contributed by atoms with Gasteiger partial charge in [-0.25, -0.2) is 4.79 Å². The van der Waals surface area contributed by atoms with E-state index in [1.807, 2.05) is 0 Å². The molecule has 2 heterocycles. The normalized spacial score (nSPS) is 10.1. The number of hydrogen-bond acceptors (Lipinski definition) is 4. The molecule has 0 unspecified atom stereocenters. The Hall–Kier alpha value is -4.63. The lowest BCUT2D eigenvalue weighted by Gasteiger charge is -1.97. The number of nitrogens with zero attached hydrogens (tertiary/aromatic N) is 3. The molecule has 29 heavy (non-hydrogen) atoms. The van der Waals surface area contributed by atoms with Gasteiger partial charge in [0.05, 0.1) is 5.69 Å². The van der Waals surface area contributed by atoms with Gasteiger partial charge in [-0.15, -0.1) is 0 Å². The van der Waals surface area contributed by atoms with Crippen molar-refractivity contribution in [1.29, 1.82) is 0 Å². The first-order chi connectivity index (χ1) is 13.9. The summed E-state index contributed by atoms with van der Waals surface area (Å²) in [4.78, 5) is 29.9. The van der Waals surface area contributed by atoms with E-state index in [9.17, 15) is 19.8 Å². The van der Waals surface area contributed by atoms with Crippen molar-refractivity contribution in [3.63, 3.8) is 0 Å². The van der Waals surface area contributed by atoms with Crippen LogP contribution in [0.2, 0.25) is 0 Å². The molecule has 6 N–H and O–H groups in total. The fourth-order valence-electron chi connectivity index (χ4n) is 2.71. The Labute approximate surface area is 161 Å². The number of phenols is 2. The lowest BCUT2D eigenvalue weighted by molar-refractivity contribution is 0.100. The zero-order valence-corrected chi connectivity index (χ0v) is 14.6. The first-order valence-electron chi connectivity index (χ1n) is 8.08. The number of carbonyl (C=O) groups excluding carboxylic acids is 1. The number of nitrogens with one attached hydrogen (secondary N) is 3. The van der Waals surface area contributed by atoms with Crippen LogP contribution in [0, 0.1) is 0 Å². The second-order valence-electron chi connectivity index (χ2n) is 5.79. The summed E-state index contributed by atoms with van der Waals surface area (Å²) in [5, 5.41) is 33.4. The van der Waals surface area contributed by atoms with Gasteiger partial charge in [0, 0.05) is 44.7 Å². The van der Waals surface area contributed by atoms with Gasteiger partial charge in [0.2, 0.25) is 0 Å². The largest absolute Gasteiger partial charge is 0.508 e. The highest BCUT2D eigenvalue weighted by Crippen LogP contribution is 2.26. The monoisotopic (exact) mass is 394 g/mol. The van der Waals surface area contributed by atoms with Crippen LogP contribution in [0.5, 0.6) is 11.5 Å². The van der Waals surface area contributed by atoms with Crippen LogP contribution in [0.25, 0.3) is 32.2 Å². The quantitative estimate of drug-likeness (QED) is 0.168. The summed E-state index contributed by atoms with van der Waals surface area (Å²) in [6.45, 7) is 0. The standard InChI is InChI=1S/C9H6N4O2.C9H8N2O3/c10-13-12-9(15)7-4-11-8-2-1-5(14)3-6(7)8;12-5-1-2-7-6(3-5)8(4-10-7)11-9(13)14/h1-4,11,14H;1-4,10-12H,(H,13,14). The highest BCUT2D eigenvalue weighted by Gasteiger charge is 2.10. The van der Waals surface area contributed by atoms with Crippen molar-refractivity contribution in [2.45, 2.75) is 0 Å². The van der Waals surface area contributed by atoms with Gasteiger partial charge < -0.3 is 25.3 Å². The molecule has 0 aliphatic carbocycles. The molecular weight excluding hydrogens is 380 g/mol. The van der Waals surface area contributed by atoms with Crippen molar-refractivity contribution in [2.24, 2.45) is 5.11 Å². The predicted octanol–water partition coefficient (Wildman–Crippen LogP) is 4.29. The van der Waals surface area contributed by atoms with Gasteiger partial charge in [0.1, 0.15) is 11.5 Å². The van der Waals surface area contributed by atoms with Crippen LogP contribution >= 0.6 is 0 Å². The Morgan fingerprint density at radius 3 is 2.17 bits per heavy atom. The number of benzene rings is 2. The first-order valence-corrected chi connectivity index (χ1v) is 8.08. The van der Waals surface area contributed by atoms with Crippen molar-refractivity contribution < 1.29 is 24.9 Å². The summed E-state index contributed by atoms with van der Waals surface area (Å²) < 4.78 is 0. The number of H-pyrrole nitrogens is 2. The molecule has 2 aromatic carbocycles. The molecule has 0 bridgehead atoms. The molecule has 0 aliphatic heterocycles. The second-order valence-corrected chi connectivity index (χ2v) is 5.79. The number of anilines is 1. The first kappa shape index (κ1) is 19.1. The van der Waals surface area contributed by atoms with Crippen LogP contribution in [0.1, 0.15) is 10.4 Å². The minimum absolute atomic E-state index is 0.0529. The molecule has 2 amide bonds. The number of aromatic amines is 2. The summed E-state index contributed by atoms with van der Waals surface area (Å²) in [5.74, 6) is -0.517. The Morgan fingerprint density at radius 1 is 0.966 bits per heavy atom. The number of azide groups is 1. The molecule has 146 valence electrons. The molecule has 0 aliphatic rings. The molecule has 11 heteroatoms. The lowest BCUT2D eigenvalue weighted by atomic mass is 10.1. The molecule has 4 aromatic rings. The maximum absolute atomic E-state index is 11.3. The fourth-order valence-corrected chi connectivity index (χ4v) is 2.71. The van der Waals surface area contributed by atoms with Gasteiger partial charge in [-0.2, -0.15) is 0 Å². The summed E-state index contributed by atoms with van der Waals surface area (Å²) in [5.41, 5.74) is 10.3. The SMILES string of the molecule is O=C(O)Nc1c[nH]c2ccc(O)cc12.[N-]=[N+]=NC(=O)c1c[nH]c2ccc(O)cc12. The topological polar surface area (TPSA) is 187 Å². The third-order valence-electron chi connectivity index (χ3n) is 3.94. The number of amides is 2. The summed E-state index contributed by atoms with van der Waals surface area (Å²) >= 11 is 0. The van der Waals surface area contributed by atoms with Gasteiger partial charge >= 0.3 is 6.09 Å². The minimum Gasteiger partial charge on any atom is -0.508 e. The molecule has 0 radical (unpaired) electrons. The van der Waals surface area contributed by atoms with E-state index in [0.717, 1.165) is 5.52 Å². The van der Waals surface area contributed by atoms with Gasteiger partial charge in [-0.3, -0.25) is 10.1 Å². The molecule has 11 nitrogen and oxygen atoms in total. The number of rotatable bonds is 2. The van der Waals surface area contributed by atoms with Gasteiger partial charge in [-0.1, -0.05) is 0 Å². The number of fused-ring (bicyclic) bond motifs is 2. The van der Waals surface area contributed by atoms with Crippen LogP contribution in [0.3, 0.4) is 0 Å². The number of phenolic OH excluding ortho intramolecular Hbond substituents is 2. The third kappa shape index (κ3) is 4.21. The smallest absolute Gasteiger partial charge is 0.409 e. The molecule has 0 spiro atoms. The maximum Gasteiger partial charge on any atom is 0.409 e. The molecule has 0 saturated heterocycles. The van der Waals surface area contributed by atoms with E-state index < -0.39 is 12.0 Å². The molecule has 0 atom stereocenters. The van der Waals surface area contributed by atoms with E-state index in [1.54, 1.807) is 12.1 Å². The number of hydrogen-bond donors (Lipinski definition) is 6. The van der Waals surface area contributed by atoms with Crippen LogP contribution in [0.15, 0.2) is 53.9 Å². The van der Waals surface area contributed by atoms with Crippen LogP contribution in [-0.4, -0.2) is 37.3 Å². The van der Waals surface area contributed by atoms with Crippen molar-refractivity contribution in [2.75, 3.05) is 5.32 Å². The van der Waals surface area contributed by atoms with Gasteiger partial charge in [-0.05, 0) is 47.0 Å². The van der Waals surface area contributed by atoms with E-state index in [-0.39, 0.29) is 17.1 Å². The third-order valence-corrected chi connectivity index (χ3v) is 3.94. The summed E-state index contributed by atoms with van der Waals surface area (Å²) in [6, 6.07) is 9.28. The average molecular weight is 394 g/mol. The van der Waals surface area contributed by atoms with E-state index in [1.165, 1.54) is 36.7 Å². The number of carboxylic acid groups (broad SMARTS) is 1.